The molecule has 0 amide bonds. The Hall–Kier alpha value is -5.67. The fraction of sp³-hybridized carbons (Fsp3) is 0.644. The maximum Gasteiger partial charge on any atom is 0.165 e. The third-order valence-corrected chi connectivity index (χ3v) is 14.9. The second-order valence-electron chi connectivity index (χ2n) is 19.4. The highest BCUT2D eigenvalue weighted by Gasteiger charge is 2.47. The second kappa shape index (κ2) is 25.4. The fourth-order valence-corrected chi connectivity index (χ4v) is 10.4. The van der Waals surface area contributed by atoms with E-state index in [9.17, 15) is 56.2 Å². The molecule has 7 aliphatic heterocycles. The molecule has 0 unspecified atom stereocenters. The molecular formula is C45H65ClN16O17. The highest BCUT2D eigenvalue weighted by atomic mass is 35.5. The largest absolute Gasteiger partial charge is 0.396 e. The second-order valence-corrected chi connectivity index (χ2v) is 19.9. The van der Waals surface area contributed by atoms with Gasteiger partial charge in [0.05, 0.1) is 115 Å². The number of ether oxygens (including phenoxy) is 3. The van der Waals surface area contributed by atoms with Gasteiger partial charge in [0.15, 0.2) is 12.5 Å². The van der Waals surface area contributed by atoms with E-state index in [1.54, 1.807) is 20.0 Å². The van der Waals surface area contributed by atoms with E-state index in [4.69, 9.17) is 41.1 Å². The Labute approximate surface area is 453 Å². The van der Waals surface area contributed by atoms with Crippen LogP contribution in [-0.4, -0.2) is 248 Å². The van der Waals surface area contributed by atoms with Crippen LogP contribution in [0.2, 0.25) is 0 Å². The van der Waals surface area contributed by atoms with Crippen molar-refractivity contribution in [2.75, 3.05) is 73.9 Å². The third kappa shape index (κ3) is 11.8. The number of halogens is 1. The zero-order valence-electron chi connectivity index (χ0n) is 41.9. The van der Waals surface area contributed by atoms with Gasteiger partial charge < -0.3 is 112 Å². The predicted molar refractivity (Wildman–Crippen MR) is 274 cm³/mol. The van der Waals surface area contributed by atoms with Gasteiger partial charge in [-0.1, -0.05) is 0 Å². The average Bonchev–Trinajstić information content (AvgIpc) is 4.55. The number of anilines is 4. The Bertz CT molecular complexity index is 2560. The molecule has 12 rings (SSSR count). The van der Waals surface area contributed by atoms with Gasteiger partial charge in [-0.3, -0.25) is 33.7 Å². The Morgan fingerprint density at radius 2 is 0.848 bits per heavy atom. The van der Waals surface area contributed by atoms with Gasteiger partial charge in [-0.15, -0.1) is 11.6 Å². The van der Waals surface area contributed by atoms with Crippen LogP contribution >= 0.6 is 11.6 Å². The molecule has 34 heteroatoms. The van der Waals surface area contributed by atoms with Crippen LogP contribution in [0.15, 0.2) is 45.3 Å². The molecule has 79 heavy (non-hydrogen) atoms. The first-order valence-electron chi connectivity index (χ1n) is 25.2. The van der Waals surface area contributed by atoms with E-state index in [0.717, 1.165) is 0 Å². The van der Waals surface area contributed by atoms with Crippen molar-refractivity contribution in [2.24, 2.45) is 25.9 Å². The number of alkyl halides is 1. The Kier molecular flexibility index (Phi) is 18.7. The summed E-state index contributed by atoms with van der Waals surface area (Å²) < 4.78 is 23.0. The zero-order valence-corrected chi connectivity index (χ0v) is 42.6. The van der Waals surface area contributed by atoms with Crippen LogP contribution < -0.4 is 21.3 Å². The first kappa shape index (κ1) is 58.0. The van der Waals surface area contributed by atoms with Crippen molar-refractivity contribution in [3.8, 4) is 0 Å². The number of imidazole rings is 4. The summed E-state index contributed by atoms with van der Waals surface area (Å²) in [5.41, 5.74) is 1.80. The summed E-state index contributed by atoms with van der Waals surface area (Å²) in [6.07, 6.45) is -0.820. The smallest absolute Gasteiger partial charge is 0.165 e. The summed E-state index contributed by atoms with van der Waals surface area (Å²) in [6.45, 7) is -0.244. The SMILES string of the molecule is OC[C@H]1C[C@@H](n2cnc3c2NC=NC[C@H]3O)[C@H](O)[C@@H]1O.OC[C@H]1O[C@@H](n2cnc3c2NC=NC[C@H]3O)C[C@@H]1O.OC[C@H]1O[C@@H](n2cnc3c2NC=NC[C@H]3O)[C@H](Cl)[C@@H]1O.OC[C@H]1O[C@@H](n2cnc3c2NC=NC[C@H]3O)[C@H](O)[C@@H]1O. The molecule has 1 saturated carbocycles. The minimum absolute atomic E-state index is 0.177. The van der Waals surface area contributed by atoms with Gasteiger partial charge in [0.1, 0.15) is 125 Å². The van der Waals surface area contributed by atoms with Crippen LogP contribution in [0.3, 0.4) is 0 Å². The molecule has 4 aromatic rings. The maximum atomic E-state index is 10.1. The summed E-state index contributed by atoms with van der Waals surface area (Å²) >= 11 is 6.15. The number of rotatable bonds is 8. The number of aliphatic hydroxyl groups is 14. The maximum absolute atomic E-state index is 10.1. The van der Waals surface area contributed by atoms with E-state index in [-0.39, 0.29) is 51.9 Å². The molecule has 1 aliphatic carbocycles. The van der Waals surface area contributed by atoms with Gasteiger partial charge in [-0.2, -0.15) is 0 Å². The first-order chi connectivity index (χ1) is 38.1. The highest BCUT2D eigenvalue weighted by molar-refractivity contribution is 6.21. The minimum Gasteiger partial charge on any atom is -0.396 e. The lowest BCUT2D eigenvalue weighted by Gasteiger charge is -2.20. The van der Waals surface area contributed by atoms with Crippen LogP contribution in [-0.2, 0) is 14.2 Å². The quantitative estimate of drug-likeness (QED) is 0.0734. The molecule has 4 fully saturated rings. The van der Waals surface area contributed by atoms with Crippen LogP contribution in [0.4, 0.5) is 23.3 Å². The molecule has 0 aromatic carbocycles. The summed E-state index contributed by atoms with van der Waals surface area (Å²) in [6, 6.07) is -0.399. The lowest BCUT2D eigenvalue weighted by Crippen LogP contribution is -2.33. The standard InChI is InChI=1S/C12H18N4O4.C11H15ClN4O4.C11H16N4O5.C11H16N4O4/c17-3-6-1-7(11(20)10(6)19)16-5-15-9-8(18)2-13-4-14-12(9)16;12-7-9(19)6(2-17)20-11(7)16-4-15-8-5(18)1-13-3-14-10(8)16;16-2-6-8(18)9(19)11(20-6)15-4-14-7-5(17)1-12-3-13-10(7)15;16-3-8-6(17)1-9(19-8)15-5-14-10-7(18)2-12-4-13-11(10)15/h4-8,10-11,17-20H,1-3H2,(H,13,14);3-7,9,11,17-19H,1-2H2,(H,13,14);3-6,8-9,11,16-19H,1-2H2,(H,12,13);4-9,16-18H,1-3H2,(H,12,13)/t6-,7-,8-,10-,11+;5-,6-,7-,9-,11-;5-,6-,8-,9-,11-;6-,7+,8+,9+/m1110/s1. The highest BCUT2D eigenvalue weighted by Crippen LogP contribution is 2.41. The predicted octanol–water partition coefficient (Wildman–Crippen LogP) is -5.13. The van der Waals surface area contributed by atoms with E-state index < -0.39 is 116 Å². The molecule has 0 bridgehead atoms. The van der Waals surface area contributed by atoms with Crippen molar-refractivity contribution in [1.82, 2.24) is 38.2 Å². The molecule has 33 nitrogen and oxygen atoms in total. The summed E-state index contributed by atoms with van der Waals surface area (Å²) in [4.78, 5) is 32.4. The summed E-state index contributed by atoms with van der Waals surface area (Å²) in [5.74, 6) is 1.75. The van der Waals surface area contributed by atoms with Crippen LogP contribution in [0.5, 0.6) is 0 Å². The monoisotopic (exact) mass is 1140 g/mol. The van der Waals surface area contributed by atoms with Crippen molar-refractivity contribution in [1.29, 1.82) is 0 Å². The number of nitrogens with zero attached hydrogens (tertiary/aromatic N) is 12. The van der Waals surface area contributed by atoms with E-state index >= 15 is 0 Å². The average molecular weight is 1140 g/mol. The van der Waals surface area contributed by atoms with Crippen molar-refractivity contribution in [3.63, 3.8) is 0 Å². The molecule has 18 N–H and O–H groups in total. The third-order valence-electron chi connectivity index (χ3n) is 14.4. The van der Waals surface area contributed by atoms with Crippen LogP contribution in [0, 0.1) is 5.92 Å². The minimum atomic E-state index is -1.20. The first-order valence-corrected chi connectivity index (χ1v) is 25.6. The van der Waals surface area contributed by atoms with Gasteiger partial charge in [0.2, 0.25) is 0 Å². The Balaban J connectivity index is 0.000000128. The number of hydrogen-bond donors (Lipinski definition) is 18. The fourth-order valence-electron chi connectivity index (χ4n) is 10.1. The topological polar surface area (TPSA) is 480 Å². The molecule has 8 aliphatic rings. The van der Waals surface area contributed by atoms with Crippen molar-refractivity contribution >= 4 is 60.2 Å². The zero-order chi connectivity index (χ0) is 56.2. The Morgan fingerprint density at radius 1 is 0.443 bits per heavy atom. The van der Waals surface area contributed by atoms with Crippen molar-refractivity contribution < 1.29 is 85.7 Å². The van der Waals surface area contributed by atoms with Crippen molar-refractivity contribution in [3.05, 3.63) is 48.1 Å². The summed E-state index contributed by atoms with van der Waals surface area (Å²) in [5, 5.41) is 147. The molecule has 4 aromatic heterocycles. The molecule has 0 spiro atoms. The van der Waals surface area contributed by atoms with Crippen molar-refractivity contribution in [2.45, 2.75) is 122 Å². The molecule has 19 atom stereocenters. The molecule has 3 saturated heterocycles. The van der Waals surface area contributed by atoms with Gasteiger partial charge in [0, 0.05) is 18.9 Å². The number of nitrogens with one attached hydrogen (secondary N) is 4. The van der Waals surface area contributed by atoms with E-state index in [2.05, 4.69) is 61.2 Å². The number of aromatic nitrogens is 8. The normalized spacial score (nSPS) is 35.9. The van der Waals surface area contributed by atoms with Crippen LogP contribution in [0.1, 0.15) is 84.8 Å². The summed E-state index contributed by atoms with van der Waals surface area (Å²) in [7, 11) is 0. The molecule has 434 valence electrons. The van der Waals surface area contributed by atoms with E-state index in [0.29, 0.717) is 58.9 Å². The number of fused-ring (bicyclic) bond motifs is 4. The van der Waals surface area contributed by atoms with Gasteiger partial charge in [-0.05, 0) is 6.42 Å². The molecule has 0 radical (unpaired) electrons. The van der Waals surface area contributed by atoms with Gasteiger partial charge >= 0.3 is 0 Å². The van der Waals surface area contributed by atoms with E-state index in [1.807, 2.05) is 0 Å². The molecule has 11 heterocycles. The number of aliphatic hydroxyl groups excluding tert-OH is 14. The number of aliphatic imine (C=N–C) groups is 4. The molecular weight excluding hydrogens is 1070 g/mol. The lowest BCUT2D eigenvalue weighted by molar-refractivity contribution is -0.0518. The lowest BCUT2D eigenvalue weighted by atomic mass is 10.1. The number of hydrogen-bond acceptors (Lipinski definition) is 29. The van der Waals surface area contributed by atoms with Gasteiger partial charge in [0.25, 0.3) is 0 Å². The Morgan fingerprint density at radius 3 is 1.27 bits per heavy atom. The van der Waals surface area contributed by atoms with Gasteiger partial charge in [-0.25, -0.2) is 19.9 Å². The van der Waals surface area contributed by atoms with E-state index in [1.165, 1.54) is 48.9 Å². The van der Waals surface area contributed by atoms with Crippen LogP contribution in [0.25, 0.3) is 0 Å².